The van der Waals surface area contributed by atoms with Crippen molar-refractivity contribution in [2.24, 2.45) is 5.92 Å². The van der Waals surface area contributed by atoms with Crippen LogP contribution in [-0.2, 0) is 46.2 Å². The first-order valence-electron chi connectivity index (χ1n) is 18.4. The van der Waals surface area contributed by atoms with Crippen LogP contribution in [0.5, 0.6) is 0 Å². The number of halogens is 1. The average Bonchev–Trinajstić information content (AvgIpc) is 3.67. The van der Waals surface area contributed by atoms with Gasteiger partial charge in [0.2, 0.25) is 5.91 Å². The molecule has 10 nitrogen and oxygen atoms in total. The third kappa shape index (κ3) is 9.90. The van der Waals surface area contributed by atoms with E-state index < -0.39 is 23.5 Å². The van der Waals surface area contributed by atoms with Crippen LogP contribution in [0.15, 0.2) is 84.4 Å². The normalized spacial score (nSPS) is 19.4. The maximum absolute atomic E-state index is 14.0. The highest BCUT2D eigenvalue weighted by atomic mass is 32.1. The lowest BCUT2D eigenvalue weighted by atomic mass is 9.78. The van der Waals surface area contributed by atoms with E-state index in [4.69, 9.17) is 18.9 Å². The van der Waals surface area contributed by atoms with Crippen molar-refractivity contribution in [2.45, 2.75) is 89.8 Å². The zero-order valence-corrected chi connectivity index (χ0v) is 32.0. The minimum Gasteiger partial charge on any atom is -0.458 e. The molecule has 1 N–H and O–H groups in total. The molecule has 1 aromatic heterocycles. The van der Waals surface area contributed by atoms with E-state index in [1.807, 2.05) is 48.4 Å². The van der Waals surface area contributed by atoms with Crippen molar-refractivity contribution in [2.75, 3.05) is 30.0 Å². The Kier molecular flexibility index (Phi) is 12.5. The Morgan fingerprint density at radius 3 is 2.26 bits per heavy atom. The van der Waals surface area contributed by atoms with Crippen molar-refractivity contribution in [3.63, 3.8) is 0 Å². The summed E-state index contributed by atoms with van der Waals surface area (Å²) in [6.45, 7) is 7.72. The molecule has 2 aliphatic heterocycles. The number of thiazole rings is 1. The van der Waals surface area contributed by atoms with Crippen LogP contribution in [-0.4, -0.2) is 54.0 Å². The second kappa shape index (κ2) is 17.2. The first kappa shape index (κ1) is 39.1. The standard InChI is InChI=1S/C42H48FN3O7S/c1-28(47)52-37(32-13-15-34(43)16-14-32)20-19-36-38(46(39(36)49)35-17-9-30(10-18-35)6-5-23-44-40-45-24-25-54-40)33-11-7-31(8-12-33)21-22-42(53-29(2)48)26-50-41(3,4)51-27-42/h7-18,24-25,36-38H,5-6,19-23,26-27H2,1-4H3,(H,44,45)/t36-,37+,38-/m1/s1. The third-order valence-electron chi connectivity index (χ3n) is 9.99. The highest BCUT2D eigenvalue weighted by molar-refractivity contribution is 7.13. The van der Waals surface area contributed by atoms with Crippen molar-refractivity contribution in [1.82, 2.24) is 4.98 Å². The van der Waals surface area contributed by atoms with Gasteiger partial charge in [-0.15, -0.1) is 11.3 Å². The Bertz CT molecular complexity index is 1860. The number of hydrogen-bond donors (Lipinski definition) is 1. The van der Waals surface area contributed by atoms with Gasteiger partial charge in [0.1, 0.15) is 11.9 Å². The van der Waals surface area contributed by atoms with Crippen molar-refractivity contribution in [1.29, 1.82) is 0 Å². The van der Waals surface area contributed by atoms with E-state index in [2.05, 4.69) is 34.6 Å². The molecule has 0 aliphatic carbocycles. The summed E-state index contributed by atoms with van der Waals surface area (Å²) in [6, 6.07) is 22.0. The fourth-order valence-corrected chi connectivity index (χ4v) is 7.69. The first-order chi connectivity index (χ1) is 25.9. The van der Waals surface area contributed by atoms with Crippen LogP contribution in [0.3, 0.4) is 0 Å². The first-order valence-corrected chi connectivity index (χ1v) is 19.3. The minimum absolute atomic E-state index is 0.00583. The van der Waals surface area contributed by atoms with Gasteiger partial charge in [-0.2, -0.15) is 0 Å². The highest BCUT2D eigenvalue weighted by Crippen LogP contribution is 2.47. The SMILES string of the molecule is CC(=O)O[C@@H](CC[C@H]1C(=O)N(c2ccc(CCCNc3nccs3)cc2)[C@@H]1c1ccc(CCC2(OC(C)=O)COC(C)(C)OC2)cc1)c1ccc(F)cc1. The Balaban J connectivity index is 1.17. The summed E-state index contributed by atoms with van der Waals surface area (Å²) < 4.78 is 36.9. The lowest BCUT2D eigenvalue weighted by Gasteiger charge is -2.48. The van der Waals surface area contributed by atoms with Crippen LogP contribution in [0.2, 0.25) is 0 Å². The van der Waals surface area contributed by atoms with Gasteiger partial charge in [-0.3, -0.25) is 14.4 Å². The van der Waals surface area contributed by atoms with Crippen LogP contribution in [0.1, 0.15) is 87.8 Å². The van der Waals surface area contributed by atoms with Crippen molar-refractivity contribution in [3.05, 3.63) is 112 Å². The molecular weight excluding hydrogens is 710 g/mol. The molecule has 4 aromatic rings. The fraction of sp³-hybridized carbons (Fsp3) is 0.429. The zero-order chi connectivity index (χ0) is 38.3. The molecule has 6 rings (SSSR count). The number of esters is 2. The van der Waals surface area contributed by atoms with Crippen LogP contribution < -0.4 is 10.2 Å². The minimum atomic E-state index is -0.880. The van der Waals surface area contributed by atoms with Gasteiger partial charge in [0.05, 0.1) is 25.2 Å². The largest absolute Gasteiger partial charge is 0.458 e. The fourth-order valence-electron chi connectivity index (χ4n) is 7.13. The summed E-state index contributed by atoms with van der Waals surface area (Å²) in [5.74, 6) is -2.32. The van der Waals surface area contributed by atoms with Gasteiger partial charge < -0.3 is 29.2 Å². The molecular formula is C42H48FN3O7S. The summed E-state index contributed by atoms with van der Waals surface area (Å²) in [7, 11) is 0. The summed E-state index contributed by atoms with van der Waals surface area (Å²) in [6.07, 6.45) is 5.00. The maximum Gasteiger partial charge on any atom is 0.303 e. The predicted molar refractivity (Wildman–Crippen MR) is 204 cm³/mol. The number of amides is 1. The van der Waals surface area contributed by atoms with E-state index in [0.717, 1.165) is 41.3 Å². The van der Waals surface area contributed by atoms with Gasteiger partial charge in [0.25, 0.3) is 0 Å². The number of aromatic nitrogens is 1. The number of anilines is 2. The number of nitrogens with one attached hydrogen (secondary N) is 1. The molecule has 0 radical (unpaired) electrons. The van der Waals surface area contributed by atoms with Crippen LogP contribution in [0.4, 0.5) is 15.2 Å². The number of hydrogen-bond acceptors (Lipinski definition) is 10. The average molecular weight is 758 g/mol. The van der Waals surface area contributed by atoms with Gasteiger partial charge in [0.15, 0.2) is 16.5 Å². The van der Waals surface area contributed by atoms with E-state index in [1.165, 1.54) is 31.5 Å². The van der Waals surface area contributed by atoms with E-state index >= 15 is 0 Å². The summed E-state index contributed by atoms with van der Waals surface area (Å²) >= 11 is 1.58. The molecule has 0 unspecified atom stereocenters. The second-order valence-corrected chi connectivity index (χ2v) is 15.4. The van der Waals surface area contributed by atoms with E-state index in [1.54, 1.807) is 29.7 Å². The number of aryl methyl sites for hydroxylation is 2. The van der Waals surface area contributed by atoms with E-state index in [0.29, 0.717) is 31.2 Å². The molecule has 3 aromatic carbocycles. The lowest BCUT2D eigenvalue weighted by Crippen LogP contribution is -2.55. The lowest BCUT2D eigenvalue weighted by molar-refractivity contribution is -0.305. The molecule has 2 aliphatic rings. The number of nitrogens with zero attached hydrogens (tertiary/aromatic N) is 2. The molecule has 2 saturated heterocycles. The number of carbonyl (C=O) groups is 3. The number of benzene rings is 3. The number of rotatable bonds is 16. The topological polar surface area (TPSA) is 116 Å². The Labute approximate surface area is 320 Å². The monoisotopic (exact) mass is 757 g/mol. The van der Waals surface area contributed by atoms with E-state index in [-0.39, 0.29) is 42.9 Å². The Morgan fingerprint density at radius 1 is 0.963 bits per heavy atom. The molecule has 0 bridgehead atoms. The highest BCUT2D eigenvalue weighted by Gasteiger charge is 2.49. The molecule has 0 saturated carbocycles. The van der Waals surface area contributed by atoms with Crippen LogP contribution >= 0.6 is 11.3 Å². The van der Waals surface area contributed by atoms with Crippen molar-refractivity contribution >= 4 is 40.0 Å². The Morgan fingerprint density at radius 2 is 1.63 bits per heavy atom. The molecule has 3 atom stereocenters. The molecule has 3 heterocycles. The molecule has 0 spiro atoms. The zero-order valence-electron chi connectivity index (χ0n) is 31.2. The number of carbonyl (C=O) groups excluding carboxylic acids is 3. The molecule has 1 amide bonds. The molecule has 54 heavy (non-hydrogen) atoms. The maximum atomic E-state index is 14.0. The summed E-state index contributed by atoms with van der Waals surface area (Å²) in [4.78, 5) is 44.1. The van der Waals surface area contributed by atoms with Gasteiger partial charge in [-0.1, -0.05) is 48.5 Å². The van der Waals surface area contributed by atoms with Crippen molar-refractivity contribution < 1.29 is 37.7 Å². The quantitative estimate of drug-likeness (QED) is 0.0687. The molecule has 286 valence electrons. The molecule has 2 fully saturated rings. The summed E-state index contributed by atoms with van der Waals surface area (Å²) in [5.41, 5.74) is 3.81. The Hall–Kier alpha value is -4.65. The smallest absolute Gasteiger partial charge is 0.303 e. The number of ether oxygens (including phenoxy) is 4. The van der Waals surface area contributed by atoms with Gasteiger partial charge in [-0.05, 0) is 98.9 Å². The van der Waals surface area contributed by atoms with Crippen LogP contribution in [0, 0.1) is 11.7 Å². The second-order valence-electron chi connectivity index (χ2n) is 14.5. The molecule has 12 heteroatoms. The number of β-lactam (4-membered cyclic amide) rings is 1. The van der Waals surface area contributed by atoms with Gasteiger partial charge >= 0.3 is 11.9 Å². The third-order valence-corrected chi connectivity index (χ3v) is 10.7. The predicted octanol–water partition coefficient (Wildman–Crippen LogP) is 8.13. The van der Waals surface area contributed by atoms with Gasteiger partial charge in [-0.25, -0.2) is 9.37 Å². The van der Waals surface area contributed by atoms with Crippen LogP contribution in [0.25, 0.3) is 0 Å². The summed E-state index contributed by atoms with van der Waals surface area (Å²) in [5, 5.41) is 6.20. The van der Waals surface area contributed by atoms with E-state index in [9.17, 15) is 18.8 Å². The van der Waals surface area contributed by atoms with Crippen molar-refractivity contribution in [3.8, 4) is 0 Å². The van der Waals surface area contributed by atoms with Gasteiger partial charge in [0, 0.05) is 37.7 Å².